The summed E-state index contributed by atoms with van der Waals surface area (Å²) in [5, 5.41) is 21.5. The van der Waals surface area contributed by atoms with Gasteiger partial charge in [0.2, 0.25) is 0 Å². The Bertz CT molecular complexity index is 876. The molecule has 9 atom stereocenters. The molecule has 34 heavy (non-hydrogen) atoms. The number of fused-ring (bicyclic) bond motifs is 7. The standard InChI is InChI=1S/C31H52O3/c1-25(2)11-12-27(5)13-15-29(7)20(21(27)18-25)17-22(33)24-28(6)14-16-31(34,19-32)26(3,4)23(28)9-10-30(24,29)8/h20-21,23-24,32,34H,9-19H2,1-8H3/t20-,21-,23?,24-,27-,28+,29-,30-,31-/m1/s1. The Morgan fingerprint density at radius 3 is 2.09 bits per heavy atom. The summed E-state index contributed by atoms with van der Waals surface area (Å²) in [4.78, 5) is 14.4. The molecule has 0 radical (unpaired) electrons. The highest BCUT2D eigenvalue weighted by molar-refractivity contribution is 5.84. The van der Waals surface area contributed by atoms with Crippen molar-refractivity contribution in [2.24, 2.45) is 56.2 Å². The third kappa shape index (κ3) is 2.92. The van der Waals surface area contributed by atoms with Crippen LogP contribution in [0.15, 0.2) is 0 Å². The molecule has 0 aromatic rings. The molecular weight excluding hydrogens is 420 g/mol. The molecule has 0 heterocycles. The Hall–Kier alpha value is -0.410. The van der Waals surface area contributed by atoms with E-state index in [1.165, 1.54) is 32.1 Å². The van der Waals surface area contributed by atoms with E-state index in [1.807, 2.05) is 0 Å². The maximum atomic E-state index is 14.4. The minimum absolute atomic E-state index is 0.0198. The molecule has 0 aromatic carbocycles. The molecule has 2 N–H and O–H groups in total. The van der Waals surface area contributed by atoms with Gasteiger partial charge in [0.15, 0.2) is 0 Å². The second kappa shape index (κ2) is 7.12. The van der Waals surface area contributed by atoms with Crippen LogP contribution in [0.1, 0.15) is 120 Å². The first-order valence-corrected chi connectivity index (χ1v) is 14.4. The first-order valence-electron chi connectivity index (χ1n) is 14.4. The van der Waals surface area contributed by atoms with Crippen molar-refractivity contribution < 1.29 is 15.0 Å². The zero-order valence-corrected chi connectivity index (χ0v) is 23.4. The largest absolute Gasteiger partial charge is 0.393 e. The Morgan fingerprint density at radius 1 is 0.794 bits per heavy atom. The molecule has 1 unspecified atom stereocenters. The molecule has 194 valence electrons. The van der Waals surface area contributed by atoms with Crippen LogP contribution in [0.4, 0.5) is 0 Å². The van der Waals surface area contributed by atoms with E-state index in [1.54, 1.807) is 0 Å². The molecule has 5 rings (SSSR count). The molecule has 0 saturated heterocycles. The van der Waals surface area contributed by atoms with Crippen molar-refractivity contribution in [2.75, 3.05) is 6.61 Å². The molecule has 0 aromatic heterocycles. The van der Waals surface area contributed by atoms with Gasteiger partial charge in [0, 0.05) is 12.3 Å². The summed E-state index contributed by atoms with van der Waals surface area (Å²) in [6.45, 7) is 19.0. The van der Waals surface area contributed by atoms with E-state index < -0.39 is 11.0 Å². The van der Waals surface area contributed by atoms with Crippen LogP contribution in [-0.2, 0) is 4.79 Å². The molecule has 5 aliphatic carbocycles. The van der Waals surface area contributed by atoms with Crippen molar-refractivity contribution in [1.82, 2.24) is 0 Å². The lowest BCUT2D eigenvalue weighted by Gasteiger charge is -2.73. The number of aliphatic hydroxyl groups is 2. The molecule has 5 aliphatic rings. The average Bonchev–Trinajstić information content (AvgIpc) is 2.74. The van der Waals surface area contributed by atoms with Gasteiger partial charge < -0.3 is 10.2 Å². The van der Waals surface area contributed by atoms with Gasteiger partial charge in [-0.25, -0.2) is 0 Å². The average molecular weight is 473 g/mol. The molecule has 0 spiro atoms. The molecule has 3 heteroatoms. The monoisotopic (exact) mass is 472 g/mol. The third-order valence-electron chi connectivity index (χ3n) is 14.1. The number of Topliss-reactive ketones (excluding diaryl/α,β-unsaturated/α-hetero) is 1. The van der Waals surface area contributed by atoms with E-state index in [-0.39, 0.29) is 34.7 Å². The minimum Gasteiger partial charge on any atom is -0.393 e. The van der Waals surface area contributed by atoms with Gasteiger partial charge in [0.1, 0.15) is 5.78 Å². The fourth-order valence-corrected chi connectivity index (χ4v) is 11.4. The second-order valence-electron chi connectivity index (χ2n) is 16.2. The zero-order chi connectivity index (χ0) is 25.2. The minimum atomic E-state index is -1.05. The lowest BCUT2D eigenvalue weighted by atomic mass is 9.31. The summed E-state index contributed by atoms with van der Waals surface area (Å²) in [6.07, 6.45) is 10.8. The van der Waals surface area contributed by atoms with E-state index in [0.717, 1.165) is 25.7 Å². The summed E-state index contributed by atoms with van der Waals surface area (Å²) < 4.78 is 0. The van der Waals surface area contributed by atoms with E-state index in [0.29, 0.717) is 34.9 Å². The van der Waals surface area contributed by atoms with E-state index in [2.05, 4.69) is 55.4 Å². The number of aliphatic hydroxyl groups excluding tert-OH is 1. The van der Waals surface area contributed by atoms with Gasteiger partial charge in [-0.15, -0.1) is 0 Å². The van der Waals surface area contributed by atoms with Gasteiger partial charge in [-0.1, -0.05) is 55.4 Å². The SMILES string of the molecule is CC1(C)CC[C@]2(C)CC[C@]3(C)[C@H](CC(=O)[C@@H]4[C@@]5(C)CC[C@@](O)(CO)C(C)(C)C5CC[C@]43C)[C@H]2C1. The summed E-state index contributed by atoms with van der Waals surface area (Å²) in [7, 11) is 0. The Labute approximate surface area is 208 Å². The Balaban J connectivity index is 1.57. The maximum absolute atomic E-state index is 14.4. The normalized spacial score (nSPS) is 56.0. The Morgan fingerprint density at radius 2 is 1.44 bits per heavy atom. The zero-order valence-electron chi connectivity index (χ0n) is 23.4. The van der Waals surface area contributed by atoms with Crippen LogP contribution < -0.4 is 0 Å². The van der Waals surface area contributed by atoms with Crippen molar-refractivity contribution in [2.45, 2.75) is 125 Å². The number of carbonyl (C=O) groups excluding carboxylic acids is 1. The smallest absolute Gasteiger partial charge is 0.137 e. The summed E-state index contributed by atoms with van der Waals surface area (Å²) >= 11 is 0. The molecule has 5 saturated carbocycles. The van der Waals surface area contributed by atoms with Crippen LogP contribution in [0.3, 0.4) is 0 Å². The molecule has 0 aliphatic heterocycles. The van der Waals surface area contributed by atoms with Crippen LogP contribution >= 0.6 is 0 Å². The van der Waals surface area contributed by atoms with Crippen molar-refractivity contribution in [3.05, 3.63) is 0 Å². The molecule has 0 bridgehead atoms. The van der Waals surface area contributed by atoms with Gasteiger partial charge in [-0.2, -0.15) is 0 Å². The first kappa shape index (κ1) is 25.2. The van der Waals surface area contributed by atoms with Gasteiger partial charge in [0.25, 0.3) is 0 Å². The van der Waals surface area contributed by atoms with Crippen LogP contribution in [-0.4, -0.2) is 28.2 Å². The van der Waals surface area contributed by atoms with Gasteiger partial charge in [-0.3, -0.25) is 4.79 Å². The predicted octanol–water partition coefficient (Wildman–Crippen LogP) is 6.79. The van der Waals surface area contributed by atoms with E-state index >= 15 is 0 Å². The molecule has 5 fully saturated rings. The fourth-order valence-electron chi connectivity index (χ4n) is 11.4. The van der Waals surface area contributed by atoms with Crippen LogP contribution in [0.2, 0.25) is 0 Å². The number of rotatable bonds is 1. The highest BCUT2D eigenvalue weighted by atomic mass is 16.3. The van der Waals surface area contributed by atoms with Gasteiger partial charge >= 0.3 is 0 Å². The fraction of sp³-hybridized carbons (Fsp3) is 0.968. The number of ketones is 1. The second-order valence-corrected chi connectivity index (χ2v) is 16.2. The van der Waals surface area contributed by atoms with Gasteiger partial charge in [-0.05, 0) is 108 Å². The summed E-state index contributed by atoms with van der Waals surface area (Å²) in [6, 6.07) is 0. The topological polar surface area (TPSA) is 57.5 Å². The molecule has 3 nitrogen and oxygen atoms in total. The molecule has 0 amide bonds. The van der Waals surface area contributed by atoms with Crippen molar-refractivity contribution in [3.8, 4) is 0 Å². The number of hydrogen-bond donors (Lipinski definition) is 2. The molecular formula is C31H52O3. The van der Waals surface area contributed by atoms with Crippen LogP contribution in [0, 0.1) is 56.2 Å². The summed E-state index contributed by atoms with van der Waals surface area (Å²) in [5.41, 5.74) is -0.542. The van der Waals surface area contributed by atoms with Crippen molar-refractivity contribution >= 4 is 5.78 Å². The van der Waals surface area contributed by atoms with Crippen molar-refractivity contribution in [1.29, 1.82) is 0 Å². The third-order valence-corrected chi connectivity index (χ3v) is 14.1. The number of hydrogen-bond acceptors (Lipinski definition) is 3. The lowest BCUT2D eigenvalue weighted by molar-refractivity contribution is -0.262. The quantitative estimate of drug-likeness (QED) is 0.442. The summed E-state index contributed by atoms with van der Waals surface area (Å²) in [5.74, 6) is 2.02. The van der Waals surface area contributed by atoms with Crippen LogP contribution in [0.5, 0.6) is 0 Å². The lowest BCUT2D eigenvalue weighted by Crippen LogP contribution is -2.71. The van der Waals surface area contributed by atoms with Crippen LogP contribution in [0.25, 0.3) is 0 Å². The predicted molar refractivity (Wildman–Crippen MR) is 137 cm³/mol. The van der Waals surface area contributed by atoms with E-state index in [9.17, 15) is 15.0 Å². The first-order chi connectivity index (χ1) is 15.5. The Kier molecular flexibility index (Phi) is 5.29. The van der Waals surface area contributed by atoms with E-state index in [4.69, 9.17) is 0 Å². The number of carbonyl (C=O) groups is 1. The highest BCUT2D eigenvalue weighted by Crippen LogP contribution is 2.76. The maximum Gasteiger partial charge on any atom is 0.137 e. The van der Waals surface area contributed by atoms with Crippen molar-refractivity contribution in [3.63, 3.8) is 0 Å². The highest BCUT2D eigenvalue weighted by Gasteiger charge is 2.73. The van der Waals surface area contributed by atoms with Gasteiger partial charge in [0.05, 0.1) is 12.2 Å².